The molecule has 1 aromatic carbocycles. The van der Waals surface area contributed by atoms with Crippen molar-refractivity contribution in [2.75, 3.05) is 0 Å². The summed E-state index contributed by atoms with van der Waals surface area (Å²) in [7, 11) is 2.03. The summed E-state index contributed by atoms with van der Waals surface area (Å²) in [6.07, 6.45) is 12.0. The molecule has 3 nitrogen and oxygen atoms in total. The Bertz CT molecular complexity index is 720. The zero-order valence-corrected chi connectivity index (χ0v) is 19.8. The summed E-state index contributed by atoms with van der Waals surface area (Å²) < 4.78 is 3.93. The van der Waals surface area contributed by atoms with Crippen LogP contribution in [0.3, 0.4) is 0 Å². The van der Waals surface area contributed by atoms with E-state index < -0.39 is 21.1 Å². The predicted octanol–water partition coefficient (Wildman–Crippen LogP) is 5.50. The van der Waals surface area contributed by atoms with Crippen LogP contribution in [-0.4, -0.2) is 30.9 Å². The number of benzene rings is 1. The monoisotopic (exact) mass is 459 g/mol. The molecule has 4 heteroatoms. The number of hydrogen-bond acceptors (Lipinski definition) is 2. The van der Waals surface area contributed by atoms with Crippen molar-refractivity contribution in [1.82, 2.24) is 9.78 Å². The van der Waals surface area contributed by atoms with Gasteiger partial charge in [0.25, 0.3) is 0 Å². The van der Waals surface area contributed by atoms with Crippen LogP contribution in [0.25, 0.3) is 10.9 Å². The molecule has 2 rings (SSSR count). The second-order valence-corrected chi connectivity index (χ2v) is 12.6. The third-order valence-electron chi connectivity index (χ3n) is 5.39. The van der Waals surface area contributed by atoms with E-state index in [1.54, 1.807) is 0 Å². The quantitative estimate of drug-likeness (QED) is 0.417. The Balaban J connectivity index is 2.39. The molecule has 0 unspecified atom stereocenters. The van der Waals surface area contributed by atoms with Crippen LogP contribution in [0.5, 0.6) is 0 Å². The van der Waals surface area contributed by atoms with E-state index in [9.17, 15) is 5.26 Å². The molecule has 0 aliphatic heterocycles. The van der Waals surface area contributed by atoms with Gasteiger partial charge in [0.05, 0.1) is 0 Å². The van der Waals surface area contributed by atoms with Crippen molar-refractivity contribution < 1.29 is 0 Å². The van der Waals surface area contributed by atoms with Gasteiger partial charge in [-0.15, -0.1) is 0 Å². The van der Waals surface area contributed by atoms with Crippen molar-refractivity contribution >= 4 is 35.8 Å². The van der Waals surface area contributed by atoms with E-state index in [-0.39, 0.29) is 0 Å². The molecule has 2 aromatic rings. The fourth-order valence-electron chi connectivity index (χ4n) is 3.78. The van der Waals surface area contributed by atoms with Crippen LogP contribution >= 0.6 is 0 Å². The molecule has 0 saturated carbocycles. The summed E-state index contributed by atoms with van der Waals surface area (Å²) in [5.74, 6) is 0. The molecule has 0 aliphatic carbocycles. The van der Waals surface area contributed by atoms with E-state index in [0.29, 0.717) is 3.43 Å². The Hall–Kier alpha value is -1.02. The van der Waals surface area contributed by atoms with Gasteiger partial charge in [0.15, 0.2) is 0 Å². The number of unbranched alkanes of at least 4 members (excludes halogenated alkanes) is 3. The van der Waals surface area contributed by atoms with Crippen molar-refractivity contribution in [1.29, 1.82) is 5.26 Å². The van der Waals surface area contributed by atoms with Crippen LogP contribution < -0.4 is 3.71 Å². The minimum absolute atomic E-state index is 0.542. The fraction of sp³-hybridized carbons (Fsp3) is 0.636. The van der Waals surface area contributed by atoms with E-state index in [1.165, 1.54) is 66.9 Å². The molecular weight excluding hydrogens is 425 g/mol. The third-order valence-corrected chi connectivity index (χ3v) is 10.8. The number of fused-ring (bicyclic) bond motifs is 1. The van der Waals surface area contributed by atoms with Crippen molar-refractivity contribution in [3.05, 3.63) is 23.8 Å². The van der Waals surface area contributed by atoms with Crippen molar-refractivity contribution in [3.63, 3.8) is 0 Å². The van der Waals surface area contributed by atoms with Gasteiger partial charge in [-0.1, -0.05) is 0 Å². The molecule has 1 heterocycles. The van der Waals surface area contributed by atoms with Gasteiger partial charge in [0.2, 0.25) is 0 Å². The maximum absolute atomic E-state index is 9.20. The summed E-state index contributed by atoms with van der Waals surface area (Å²) in [6, 6.07) is 8.35. The molecular formula is C22H33N3Sn. The SMILES string of the molecule is CCCC[C](CCCC)(CCCC)[Sn][c]1nn(C)c2cc(C#N)ccc12. The first-order valence-electron chi connectivity index (χ1n) is 10.2. The number of aryl methyl sites for hydroxylation is 1. The van der Waals surface area contributed by atoms with Crippen molar-refractivity contribution in [2.24, 2.45) is 7.05 Å². The van der Waals surface area contributed by atoms with Gasteiger partial charge < -0.3 is 0 Å². The van der Waals surface area contributed by atoms with E-state index in [4.69, 9.17) is 5.10 Å². The number of rotatable bonds is 11. The molecule has 26 heavy (non-hydrogen) atoms. The average Bonchev–Trinajstić information content (AvgIpc) is 2.97. The van der Waals surface area contributed by atoms with Gasteiger partial charge in [0.1, 0.15) is 0 Å². The first-order valence-corrected chi connectivity index (χ1v) is 13.1. The zero-order chi connectivity index (χ0) is 19.0. The average molecular weight is 458 g/mol. The standard InChI is InChI=1S/C13H27.C9H6N3.Sn/c1-4-7-10-13(11-8-5-2)12-9-6-3;1-12-9-4-7(5-10)2-3-8(9)6-11-12;/h4-12H2,1-3H3;2-4H,1H3;. The van der Waals surface area contributed by atoms with Crippen LogP contribution in [0.15, 0.2) is 18.2 Å². The molecule has 1 aromatic heterocycles. The molecule has 2 radical (unpaired) electrons. The first kappa shape index (κ1) is 21.3. The number of nitrogens with zero attached hydrogens (tertiary/aromatic N) is 3. The van der Waals surface area contributed by atoms with Crippen molar-refractivity contribution in [2.45, 2.75) is 82.0 Å². The molecule has 0 spiro atoms. The van der Waals surface area contributed by atoms with E-state index in [2.05, 4.69) is 32.9 Å². The Morgan fingerprint density at radius 1 is 1.04 bits per heavy atom. The topological polar surface area (TPSA) is 41.6 Å². The zero-order valence-electron chi connectivity index (χ0n) is 16.9. The maximum atomic E-state index is 9.20. The van der Waals surface area contributed by atoms with Crippen LogP contribution in [-0.2, 0) is 7.05 Å². The molecule has 0 atom stereocenters. The van der Waals surface area contributed by atoms with Gasteiger partial charge in [-0.3, -0.25) is 0 Å². The van der Waals surface area contributed by atoms with Crippen LogP contribution in [0.2, 0.25) is 3.43 Å². The summed E-state index contributed by atoms with van der Waals surface area (Å²) in [4.78, 5) is 0. The third kappa shape index (κ3) is 5.25. The second kappa shape index (κ2) is 10.3. The summed E-state index contributed by atoms with van der Waals surface area (Å²) in [6.45, 7) is 6.94. The Labute approximate surface area is 169 Å². The van der Waals surface area contributed by atoms with E-state index in [0.717, 1.165) is 11.1 Å². The van der Waals surface area contributed by atoms with E-state index in [1.807, 2.05) is 23.9 Å². The number of hydrogen-bond donors (Lipinski definition) is 0. The Kier molecular flexibility index (Phi) is 8.47. The van der Waals surface area contributed by atoms with Gasteiger partial charge in [-0.05, 0) is 0 Å². The number of nitriles is 1. The molecule has 0 amide bonds. The van der Waals surface area contributed by atoms with Gasteiger partial charge in [-0.25, -0.2) is 0 Å². The Morgan fingerprint density at radius 3 is 2.12 bits per heavy atom. The van der Waals surface area contributed by atoms with E-state index >= 15 is 0 Å². The molecule has 0 bridgehead atoms. The molecule has 0 N–H and O–H groups in total. The molecule has 0 aliphatic rings. The minimum atomic E-state index is -0.850. The summed E-state index contributed by atoms with van der Waals surface area (Å²) in [5.41, 5.74) is 1.85. The number of aromatic nitrogens is 2. The van der Waals surface area contributed by atoms with Crippen LogP contribution in [0, 0.1) is 11.3 Å². The Morgan fingerprint density at radius 2 is 1.62 bits per heavy atom. The normalized spacial score (nSPS) is 11.8. The fourth-order valence-corrected chi connectivity index (χ4v) is 9.35. The van der Waals surface area contributed by atoms with Crippen LogP contribution in [0.4, 0.5) is 0 Å². The second-order valence-electron chi connectivity index (χ2n) is 7.53. The molecule has 0 fully saturated rings. The first-order chi connectivity index (χ1) is 12.6. The predicted molar refractivity (Wildman–Crippen MR) is 112 cm³/mol. The molecule has 0 saturated heterocycles. The summed E-state index contributed by atoms with van der Waals surface area (Å²) in [5, 5.41) is 15.5. The van der Waals surface area contributed by atoms with Gasteiger partial charge >= 0.3 is 170 Å². The summed E-state index contributed by atoms with van der Waals surface area (Å²) >= 11 is -0.850. The van der Waals surface area contributed by atoms with Gasteiger partial charge in [0, 0.05) is 0 Å². The molecule has 140 valence electrons. The van der Waals surface area contributed by atoms with Crippen molar-refractivity contribution in [3.8, 4) is 6.07 Å². The van der Waals surface area contributed by atoms with Gasteiger partial charge in [-0.2, -0.15) is 0 Å². The van der Waals surface area contributed by atoms with Crippen LogP contribution in [0.1, 0.15) is 84.1 Å².